The van der Waals surface area contributed by atoms with Crippen LogP contribution in [0.15, 0.2) is 12.1 Å². The van der Waals surface area contributed by atoms with E-state index in [2.05, 4.69) is 5.32 Å². The maximum atomic E-state index is 10.7. The Hall–Kier alpha value is -0.910. The third-order valence-corrected chi connectivity index (χ3v) is 3.89. The number of thiophene rings is 1. The van der Waals surface area contributed by atoms with Gasteiger partial charge in [0.25, 0.3) is 0 Å². The van der Waals surface area contributed by atoms with Crippen LogP contribution in [0, 0.1) is 0 Å². The number of piperidine rings is 1. The van der Waals surface area contributed by atoms with Crippen molar-refractivity contribution in [2.45, 2.75) is 31.9 Å². The summed E-state index contributed by atoms with van der Waals surface area (Å²) in [6.07, 6.45) is 3.69. The Bertz CT molecular complexity index is 372. The summed E-state index contributed by atoms with van der Waals surface area (Å²) in [5, 5.41) is 12.2. The van der Waals surface area contributed by atoms with Crippen LogP contribution in [-0.2, 0) is 11.3 Å². The monoisotopic (exact) mass is 255 g/mol. The van der Waals surface area contributed by atoms with E-state index in [0.717, 1.165) is 11.4 Å². The van der Waals surface area contributed by atoms with E-state index < -0.39 is 5.97 Å². The Morgan fingerprint density at radius 3 is 3.06 bits per heavy atom. The Balaban J connectivity index is 1.71. The maximum Gasteiger partial charge on any atom is 0.345 e. The van der Waals surface area contributed by atoms with Gasteiger partial charge in [-0.05, 0) is 31.5 Å². The summed E-state index contributed by atoms with van der Waals surface area (Å²) in [6, 6.07) is 3.91. The zero-order valence-corrected chi connectivity index (χ0v) is 10.5. The molecule has 0 spiro atoms. The van der Waals surface area contributed by atoms with E-state index in [9.17, 15) is 4.79 Å². The van der Waals surface area contributed by atoms with Gasteiger partial charge in [0.05, 0.1) is 13.2 Å². The predicted octanol–water partition coefficient (Wildman–Crippen LogP) is 2.10. The number of ether oxygens (including phenoxy) is 1. The molecule has 1 fully saturated rings. The van der Waals surface area contributed by atoms with E-state index >= 15 is 0 Å². The fraction of sp³-hybridized carbons (Fsp3) is 0.583. The second-order valence-corrected chi connectivity index (χ2v) is 5.40. The Kier molecular flexibility index (Phi) is 4.53. The fourth-order valence-electron chi connectivity index (χ4n) is 1.94. The lowest BCUT2D eigenvalue weighted by molar-refractivity contribution is 0.0702. The summed E-state index contributed by atoms with van der Waals surface area (Å²) in [4.78, 5) is 12.0. The van der Waals surface area contributed by atoms with Gasteiger partial charge in [0.15, 0.2) is 0 Å². The van der Waals surface area contributed by atoms with E-state index in [1.807, 2.05) is 6.07 Å². The molecule has 1 aromatic rings. The van der Waals surface area contributed by atoms with Crippen LogP contribution < -0.4 is 5.32 Å². The van der Waals surface area contributed by atoms with Gasteiger partial charge in [-0.3, -0.25) is 0 Å². The highest BCUT2D eigenvalue weighted by Gasteiger charge is 2.12. The first-order valence-corrected chi connectivity index (χ1v) is 6.70. The van der Waals surface area contributed by atoms with Gasteiger partial charge in [0.2, 0.25) is 0 Å². The van der Waals surface area contributed by atoms with Gasteiger partial charge < -0.3 is 15.2 Å². The number of nitrogens with one attached hydrogen (secondary N) is 1. The van der Waals surface area contributed by atoms with Crippen molar-refractivity contribution < 1.29 is 14.6 Å². The lowest BCUT2D eigenvalue weighted by Gasteiger charge is -2.22. The minimum Gasteiger partial charge on any atom is -0.477 e. The molecule has 2 rings (SSSR count). The minimum absolute atomic E-state index is 0.374. The van der Waals surface area contributed by atoms with Crippen LogP contribution in [0.4, 0.5) is 0 Å². The molecule has 0 bridgehead atoms. The lowest BCUT2D eigenvalue weighted by Crippen LogP contribution is -2.37. The highest BCUT2D eigenvalue weighted by atomic mass is 32.1. The zero-order chi connectivity index (χ0) is 12.1. The predicted molar refractivity (Wildman–Crippen MR) is 66.6 cm³/mol. The molecule has 94 valence electrons. The van der Waals surface area contributed by atoms with Gasteiger partial charge in [-0.25, -0.2) is 4.79 Å². The molecule has 0 aliphatic carbocycles. The molecule has 4 nitrogen and oxygen atoms in total. The summed E-state index contributed by atoms with van der Waals surface area (Å²) in [5.41, 5.74) is 0. The first-order valence-electron chi connectivity index (χ1n) is 5.89. The Labute approximate surface area is 105 Å². The SMILES string of the molecule is O=C(O)c1ccc(COCC2CCCCN2)s1. The largest absolute Gasteiger partial charge is 0.477 e. The van der Waals surface area contributed by atoms with Gasteiger partial charge in [-0.15, -0.1) is 11.3 Å². The second kappa shape index (κ2) is 6.14. The summed E-state index contributed by atoms with van der Waals surface area (Å²) in [7, 11) is 0. The normalized spacial score (nSPS) is 20.4. The molecule has 1 aliphatic rings. The fourth-order valence-corrected chi connectivity index (χ4v) is 2.72. The van der Waals surface area contributed by atoms with Crippen molar-refractivity contribution in [2.24, 2.45) is 0 Å². The first kappa shape index (κ1) is 12.5. The number of rotatable bonds is 5. The molecule has 17 heavy (non-hydrogen) atoms. The van der Waals surface area contributed by atoms with Crippen LogP contribution in [0.25, 0.3) is 0 Å². The molecule has 1 unspecified atom stereocenters. The third kappa shape index (κ3) is 3.80. The van der Waals surface area contributed by atoms with Gasteiger partial charge in [0.1, 0.15) is 4.88 Å². The van der Waals surface area contributed by atoms with E-state index in [-0.39, 0.29) is 0 Å². The topological polar surface area (TPSA) is 58.6 Å². The average Bonchev–Trinajstić information content (AvgIpc) is 2.79. The maximum absolute atomic E-state index is 10.7. The molecule has 1 aliphatic heterocycles. The molecule has 0 saturated carbocycles. The van der Waals surface area contributed by atoms with Crippen molar-refractivity contribution in [1.82, 2.24) is 5.32 Å². The Morgan fingerprint density at radius 2 is 2.41 bits per heavy atom. The van der Waals surface area contributed by atoms with Gasteiger partial charge in [-0.1, -0.05) is 6.42 Å². The van der Waals surface area contributed by atoms with Crippen molar-refractivity contribution in [3.8, 4) is 0 Å². The average molecular weight is 255 g/mol. The Morgan fingerprint density at radius 1 is 1.53 bits per heavy atom. The molecule has 0 aromatic carbocycles. The van der Waals surface area contributed by atoms with Crippen LogP contribution in [-0.4, -0.2) is 30.3 Å². The van der Waals surface area contributed by atoms with Crippen LogP contribution in [0.1, 0.15) is 33.8 Å². The number of aromatic carboxylic acids is 1. The lowest BCUT2D eigenvalue weighted by atomic mass is 10.1. The van der Waals surface area contributed by atoms with Gasteiger partial charge in [-0.2, -0.15) is 0 Å². The van der Waals surface area contributed by atoms with Gasteiger partial charge in [0, 0.05) is 10.9 Å². The quantitative estimate of drug-likeness (QED) is 0.846. The minimum atomic E-state index is -0.866. The van der Waals surface area contributed by atoms with E-state index in [0.29, 0.717) is 24.1 Å². The number of carbonyl (C=O) groups is 1. The highest BCUT2D eigenvalue weighted by molar-refractivity contribution is 7.13. The summed E-state index contributed by atoms with van der Waals surface area (Å²) >= 11 is 1.28. The molecule has 0 radical (unpaired) electrons. The van der Waals surface area contributed by atoms with E-state index in [1.54, 1.807) is 6.07 Å². The molecule has 5 heteroatoms. The van der Waals surface area contributed by atoms with E-state index in [4.69, 9.17) is 9.84 Å². The molecule has 0 amide bonds. The highest BCUT2D eigenvalue weighted by Crippen LogP contribution is 2.17. The first-order chi connectivity index (χ1) is 8.25. The molecule has 2 N–H and O–H groups in total. The molecule has 1 atom stereocenters. The van der Waals surface area contributed by atoms with Crippen LogP contribution >= 0.6 is 11.3 Å². The van der Waals surface area contributed by atoms with Crippen molar-refractivity contribution in [3.63, 3.8) is 0 Å². The third-order valence-electron chi connectivity index (χ3n) is 2.85. The molecule has 1 aromatic heterocycles. The number of carboxylic acids is 1. The van der Waals surface area contributed by atoms with Crippen molar-refractivity contribution in [1.29, 1.82) is 0 Å². The molecular formula is C12H17NO3S. The molecule has 2 heterocycles. The van der Waals surface area contributed by atoms with Crippen LogP contribution in [0.3, 0.4) is 0 Å². The molecule has 1 saturated heterocycles. The van der Waals surface area contributed by atoms with Crippen molar-refractivity contribution in [2.75, 3.05) is 13.2 Å². The number of hydrogen-bond acceptors (Lipinski definition) is 4. The van der Waals surface area contributed by atoms with Crippen LogP contribution in [0.5, 0.6) is 0 Å². The number of carboxylic acid groups (broad SMARTS) is 1. The zero-order valence-electron chi connectivity index (χ0n) is 9.65. The summed E-state index contributed by atoms with van der Waals surface area (Å²) in [5.74, 6) is -0.866. The summed E-state index contributed by atoms with van der Waals surface area (Å²) < 4.78 is 5.61. The van der Waals surface area contributed by atoms with Crippen molar-refractivity contribution in [3.05, 3.63) is 21.9 Å². The van der Waals surface area contributed by atoms with Crippen LogP contribution in [0.2, 0.25) is 0 Å². The van der Waals surface area contributed by atoms with E-state index in [1.165, 1.54) is 30.6 Å². The molecular weight excluding hydrogens is 238 g/mol. The van der Waals surface area contributed by atoms with Gasteiger partial charge >= 0.3 is 5.97 Å². The summed E-state index contributed by atoms with van der Waals surface area (Å²) in [6.45, 7) is 2.30. The second-order valence-electron chi connectivity index (χ2n) is 4.23. The standard InChI is InChI=1S/C12H17NO3S/c14-12(15)11-5-4-10(17-11)8-16-7-9-3-1-2-6-13-9/h4-5,9,13H,1-3,6-8H2,(H,14,15). The number of hydrogen-bond donors (Lipinski definition) is 2. The smallest absolute Gasteiger partial charge is 0.345 e. The van der Waals surface area contributed by atoms with Crippen molar-refractivity contribution >= 4 is 17.3 Å².